The third-order valence-corrected chi connectivity index (χ3v) is 5.24. The number of carbonyl (C=O) groups is 2. The van der Waals surface area contributed by atoms with Gasteiger partial charge >= 0.3 is 5.97 Å². The van der Waals surface area contributed by atoms with E-state index in [-0.39, 0.29) is 18.4 Å². The lowest BCUT2D eigenvalue weighted by molar-refractivity contribution is -0.136. The maximum absolute atomic E-state index is 12.5. The standard InChI is InChI=1S/C17H13Cl2NO3/c18-9-5-4-8(6-10(9)19)14-15-11(2-1-3-13(15)21)20-12-7-23-17(22)16(12)14/h4-6,14,20H,1-3,7H2. The minimum atomic E-state index is -0.432. The van der Waals surface area contributed by atoms with Gasteiger partial charge in [0.15, 0.2) is 5.78 Å². The lowest BCUT2D eigenvalue weighted by atomic mass is 9.75. The molecule has 2 aliphatic heterocycles. The number of hydrogen-bond donors (Lipinski definition) is 1. The first-order chi connectivity index (χ1) is 11.1. The number of ether oxygens (including phenoxy) is 1. The lowest BCUT2D eigenvalue weighted by Gasteiger charge is -2.32. The van der Waals surface area contributed by atoms with E-state index in [2.05, 4.69) is 5.32 Å². The summed E-state index contributed by atoms with van der Waals surface area (Å²) in [6.07, 6.45) is 2.11. The number of benzene rings is 1. The van der Waals surface area contributed by atoms with E-state index in [0.717, 1.165) is 29.8 Å². The first-order valence-corrected chi connectivity index (χ1v) is 8.20. The zero-order valence-electron chi connectivity index (χ0n) is 12.1. The predicted octanol–water partition coefficient (Wildman–Crippen LogP) is 3.50. The maximum atomic E-state index is 12.5. The number of esters is 1. The van der Waals surface area contributed by atoms with E-state index in [4.69, 9.17) is 27.9 Å². The van der Waals surface area contributed by atoms with Crippen molar-refractivity contribution in [1.29, 1.82) is 0 Å². The molecule has 6 heteroatoms. The number of dihydropyridines is 1. The van der Waals surface area contributed by atoms with Gasteiger partial charge in [-0.1, -0.05) is 29.3 Å². The zero-order chi connectivity index (χ0) is 16.1. The van der Waals surface area contributed by atoms with Crippen molar-refractivity contribution in [2.24, 2.45) is 0 Å². The number of rotatable bonds is 1. The molecule has 2 heterocycles. The summed E-state index contributed by atoms with van der Waals surface area (Å²) in [6.45, 7) is 0.219. The Balaban J connectivity index is 1.91. The van der Waals surface area contributed by atoms with Crippen molar-refractivity contribution in [3.05, 3.63) is 56.3 Å². The number of carbonyl (C=O) groups excluding carboxylic acids is 2. The minimum Gasteiger partial charge on any atom is -0.456 e. The Morgan fingerprint density at radius 3 is 2.65 bits per heavy atom. The van der Waals surface area contributed by atoms with Crippen molar-refractivity contribution in [2.45, 2.75) is 25.2 Å². The average Bonchev–Trinajstić information content (AvgIpc) is 2.90. The monoisotopic (exact) mass is 349 g/mol. The number of allylic oxidation sites excluding steroid dienone is 2. The van der Waals surface area contributed by atoms with Gasteiger partial charge in [-0.15, -0.1) is 0 Å². The van der Waals surface area contributed by atoms with Gasteiger partial charge in [0.25, 0.3) is 0 Å². The summed E-state index contributed by atoms with van der Waals surface area (Å²) < 4.78 is 5.17. The van der Waals surface area contributed by atoms with E-state index in [1.807, 2.05) is 6.07 Å². The second-order valence-electron chi connectivity index (χ2n) is 5.87. The Kier molecular flexibility index (Phi) is 3.47. The lowest BCUT2D eigenvalue weighted by Crippen LogP contribution is -2.32. The largest absolute Gasteiger partial charge is 0.456 e. The first kappa shape index (κ1) is 14.8. The fourth-order valence-corrected chi connectivity index (χ4v) is 3.80. The Bertz CT molecular complexity index is 810. The molecule has 0 fully saturated rings. The molecule has 4 nitrogen and oxygen atoms in total. The molecule has 0 aromatic heterocycles. The highest BCUT2D eigenvalue weighted by Crippen LogP contribution is 2.45. The highest BCUT2D eigenvalue weighted by Gasteiger charge is 2.42. The normalized spacial score (nSPS) is 23.5. The van der Waals surface area contributed by atoms with E-state index < -0.39 is 5.92 Å². The fraction of sp³-hybridized carbons (Fsp3) is 0.294. The number of hydrogen-bond acceptors (Lipinski definition) is 4. The Morgan fingerprint density at radius 1 is 1.04 bits per heavy atom. The zero-order valence-corrected chi connectivity index (χ0v) is 13.6. The van der Waals surface area contributed by atoms with Gasteiger partial charge in [0.05, 0.1) is 21.3 Å². The van der Waals surface area contributed by atoms with Crippen molar-refractivity contribution in [1.82, 2.24) is 5.32 Å². The summed E-state index contributed by atoms with van der Waals surface area (Å²) in [5.41, 5.74) is 3.61. The van der Waals surface area contributed by atoms with Crippen LogP contribution in [0.25, 0.3) is 0 Å². The van der Waals surface area contributed by atoms with Crippen molar-refractivity contribution >= 4 is 35.0 Å². The summed E-state index contributed by atoms with van der Waals surface area (Å²) in [5, 5.41) is 4.08. The second-order valence-corrected chi connectivity index (χ2v) is 6.68. The van der Waals surface area contributed by atoms with Crippen LogP contribution < -0.4 is 5.32 Å². The summed E-state index contributed by atoms with van der Waals surface area (Å²) in [5.74, 6) is -0.742. The van der Waals surface area contributed by atoms with Gasteiger partial charge in [-0.2, -0.15) is 0 Å². The number of ketones is 1. The molecule has 3 aliphatic rings. The average molecular weight is 350 g/mol. The van der Waals surface area contributed by atoms with Crippen LogP contribution in [0.5, 0.6) is 0 Å². The summed E-state index contributed by atoms with van der Waals surface area (Å²) in [6, 6.07) is 5.23. The fourth-order valence-electron chi connectivity index (χ4n) is 3.49. The molecule has 0 amide bonds. The van der Waals surface area contributed by atoms with E-state index in [1.165, 1.54) is 0 Å². The number of halogens is 2. The third kappa shape index (κ3) is 2.28. The van der Waals surface area contributed by atoms with Crippen LogP contribution in [0.2, 0.25) is 10.0 Å². The molecule has 118 valence electrons. The molecule has 0 spiro atoms. The third-order valence-electron chi connectivity index (χ3n) is 4.50. The summed E-state index contributed by atoms with van der Waals surface area (Å²) in [7, 11) is 0. The van der Waals surface area contributed by atoms with E-state index >= 15 is 0 Å². The van der Waals surface area contributed by atoms with Crippen LogP contribution in [0.1, 0.15) is 30.7 Å². The molecule has 1 unspecified atom stereocenters. The quantitative estimate of drug-likeness (QED) is 0.788. The van der Waals surface area contributed by atoms with Crippen LogP contribution in [0.4, 0.5) is 0 Å². The molecule has 1 aliphatic carbocycles. The Morgan fingerprint density at radius 2 is 1.87 bits per heavy atom. The van der Waals surface area contributed by atoms with Crippen molar-refractivity contribution in [2.75, 3.05) is 6.61 Å². The van der Waals surface area contributed by atoms with Crippen LogP contribution in [-0.4, -0.2) is 18.4 Å². The second kappa shape index (κ2) is 5.39. The van der Waals surface area contributed by atoms with Gasteiger partial charge in [0, 0.05) is 23.6 Å². The molecule has 0 saturated carbocycles. The van der Waals surface area contributed by atoms with Gasteiger partial charge in [0.2, 0.25) is 0 Å². The summed E-state index contributed by atoms with van der Waals surface area (Å²) in [4.78, 5) is 24.7. The first-order valence-electron chi connectivity index (χ1n) is 7.44. The van der Waals surface area contributed by atoms with Crippen molar-refractivity contribution in [3.63, 3.8) is 0 Å². The highest BCUT2D eigenvalue weighted by molar-refractivity contribution is 6.42. The molecule has 0 radical (unpaired) electrons. The van der Waals surface area contributed by atoms with Gasteiger partial charge in [0.1, 0.15) is 6.61 Å². The SMILES string of the molecule is O=C1CCCC2=C1C(c1ccc(Cl)c(Cl)c1)C1=C(COC1=O)N2. The molecule has 0 bridgehead atoms. The topological polar surface area (TPSA) is 55.4 Å². The number of Topliss-reactive ketones (excluding diaryl/α,β-unsaturated/α-hetero) is 1. The Hall–Kier alpha value is -1.78. The van der Waals surface area contributed by atoms with Crippen LogP contribution in [0.3, 0.4) is 0 Å². The Labute approximate surface area is 143 Å². The molecule has 1 aromatic carbocycles. The molecular formula is C17H13Cl2NO3. The number of nitrogens with one attached hydrogen (secondary N) is 1. The number of cyclic esters (lactones) is 1. The predicted molar refractivity (Wildman–Crippen MR) is 86.2 cm³/mol. The molecule has 4 rings (SSSR count). The van der Waals surface area contributed by atoms with Crippen molar-refractivity contribution in [3.8, 4) is 0 Å². The minimum absolute atomic E-state index is 0.0704. The molecule has 1 aromatic rings. The molecule has 23 heavy (non-hydrogen) atoms. The van der Waals surface area contributed by atoms with E-state index in [1.54, 1.807) is 12.1 Å². The van der Waals surface area contributed by atoms with Crippen molar-refractivity contribution < 1.29 is 14.3 Å². The maximum Gasteiger partial charge on any atom is 0.337 e. The van der Waals surface area contributed by atoms with Crippen LogP contribution in [0, 0.1) is 0 Å². The van der Waals surface area contributed by atoms with Gasteiger partial charge in [-0.25, -0.2) is 4.79 Å². The van der Waals surface area contributed by atoms with E-state index in [9.17, 15) is 9.59 Å². The molecular weight excluding hydrogens is 337 g/mol. The molecule has 0 saturated heterocycles. The van der Waals surface area contributed by atoms with E-state index in [0.29, 0.717) is 27.6 Å². The van der Waals surface area contributed by atoms with Gasteiger partial charge in [-0.05, 0) is 30.5 Å². The van der Waals surface area contributed by atoms with Crippen LogP contribution >= 0.6 is 23.2 Å². The van der Waals surface area contributed by atoms with Crippen LogP contribution in [0.15, 0.2) is 40.7 Å². The molecule has 1 N–H and O–H groups in total. The highest BCUT2D eigenvalue weighted by atomic mass is 35.5. The van der Waals surface area contributed by atoms with Crippen LogP contribution in [-0.2, 0) is 14.3 Å². The van der Waals surface area contributed by atoms with Gasteiger partial charge < -0.3 is 10.1 Å². The molecule has 1 atom stereocenters. The smallest absolute Gasteiger partial charge is 0.337 e. The summed E-state index contributed by atoms with van der Waals surface area (Å²) >= 11 is 12.1. The van der Waals surface area contributed by atoms with Gasteiger partial charge in [-0.3, -0.25) is 4.79 Å².